The van der Waals surface area contributed by atoms with Crippen LogP contribution in [0.15, 0.2) is 45.3 Å². The minimum Gasteiger partial charge on any atom is -0.355 e. The lowest BCUT2D eigenvalue weighted by Gasteiger charge is -2.12. The van der Waals surface area contributed by atoms with Gasteiger partial charge in [-0.15, -0.1) is 11.3 Å². The molecule has 0 aliphatic rings. The third kappa shape index (κ3) is 3.48. The van der Waals surface area contributed by atoms with Crippen molar-refractivity contribution in [3.05, 3.63) is 62.1 Å². The van der Waals surface area contributed by atoms with Crippen LogP contribution in [0.1, 0.15) is 25.3 Å². The monoisotopic (exact) mass is 371 g/mol. The van der Waals surface area contributed by atoms with Crippen LogP contribution in [0.4, 0.5) is 0 Å². The first-order chi connectivity index (χ1) is 12.5. The van der Waals surface area contributed by atoms with Crippen molar-refractivity contribution in [1.82, 2.24) is 14.5 Å². The molecule has 0 atom stereocenters. The minimum atomic E-state index is -0.503. The van der Waals surface area contributed by atoms with Gasteiger partial charge in [-0.1, -0.05) is 25.5 Å². The Bertz CT molecular complexity index is 1060. The van der Waals surface area contributed by atoms with Crippen LogP contribution in [-0.2, 0) is 11.3 Å². The Kier molecular flexibility index (Phi) is 5.37. The number of aromatic nitrogens is 2. The van der Waals surface area contributed by atoms with Crippen molar-refractivity contribution in [3.63, 3.8) is 0 Å². The minimum absolute atomic E-state index is 0.109. The van der Waals surface area contributed by atoms with Gasteiger partial charge in [-0.05, 0) is 42.5 Å². The molecule has 3 aromatic rings. The molecule has 0 spiro atoms. The van der Waals surface area contributed by atoms with Gasteiger partial charge in [0.15, 0.2) is 0 Å². The van der Waals surface area contributed by atoms with Gasteiger partial charge < -0.3 is 5.32 Å². The number of nitrogens with one attached hydrogen (secondary N) is 1. The van der Waals surface area contributed by atoms with Gasteiger partial charge in [0.05, 0.1) is 11.2 Å². The Morgan fingerprint density at radius 2 is 2.04 bits per heavy atom. The van der Waals surface area contributed by atoms with E-state index < -0.39 is 5.69 Å². The zero-order valence-corrected chi connectivity index (χ0v) is 15.6. The van der Waals surface area contributed by atoms with E-state index in [1.807, 2.05) is 19.9 Å². The summed E-state index contributed by atoms with van der Waals surface area (Å²) in [4.78, 5) is 38.1. The largest absolute Gasteiger partial charge is 0.355 e. The molecule has 0 bridgehead atoms. The highest BCUT2D eigenvalue weighted by atomic mass is 32.1. The first-order valence-electron chi connectivity index (χ1n) is 8.59. The fourth-order valence-electron chi connectivity index (χ4n) is 2.84. The van der Waals surface area contributed by atoms with Gasteiger partial charge in [0.25, 0.3) is 5.56 Å². The van der Waals surface area contributed by atoms with Crippen LogP contribution in [0, 0.1) is 6.92 Å². The number of aryl methyl sites for hydroxylation is 1. The maximum atomic E-state index is 13.0. The summed E-state index contributed by atoms with van der Waals surface area (Å²) in [7, 11) is 0. The number of fused-ring (bicyclic) bond motifs is 1. The molecule has 136 valence electrons. The smallest absolute Gasteiger partial charge is 0.336 e. The lowest BCUT2D eigenvalue weighted by atomic mass is 10.2. The summed E-state index contributed by atoms with van der Waals surface area (Å²) in [5, 5.41) is 4.58. The predicted octanol–water partition coefficient (Wildman–Crippen LogP) is 2.44. The van der Waals surface area contributed by atoms with E-state index in [1.54, 1.807) is 29.6 Å². The molecule has 0 saturated carbocycles. The number of hydrogen-bond acceptors (Lipinski definition) is 4. The molecular formula is C19H21N3O3S. The molecule has 1 N–H and O–H groups in total. The van der Waals surface area contributed by atoms with Crippen LogP contribution < -0.4 is 16.6 Å². The normalized spacial score (nSPS) is 11.0. The summed E-state index contributed by atoms with van der Waals surface area (Å²) in [6.45, 7) is 4.41. The van der Waals surface area contributed by atoms with E-state index in [9.17, 15) is 14.4 Å². The number of carbonyl (C=O) groups is 1. The van der Waals surface area contributed by atoms with Crippen LogP contribution in [0.3, 0.4) is 0 Å². The first kappa shape index (κ1) is 18.1. The van der Waals surface area contributed by atoms with Crippen molar-refractivity contribution in [3.8, 4) is 5.69 Å². The number of rotatable bonds is 6. The molecule has 0 fully saturated rings. The molecule has 1 amide bonds. The summed E-state index contributed by atoms with van der Waals surface area (Å²) in [6.07, 6.45) is 1.87. The molecule has 26 heavy (non-hydrogen) atoms. The topological polar surface area (TPSA) is 73.1 Å². The standard InChI is InChI=1S/C19H21N3O3S/c1-3-4-9-20-16(23)12-21-15-8-10-26-17(15)18(24)22(19(21)25)14-7-5-6-13(2)11-14/h5-8,10-11H,3-4,9,12H2,1-2H3,(H,20,23). The Morgan fingerprint density at radius 1 is 1.23 bits per heavy atom. The number of hydrogen-bond donors (Lipinski definition) is 1. The zero-order valence-electron chi connectivity index (χ0n) is 14.8. The van der Waals surface area contributed by atoms with Gasteiger partial charge in [-0.3, -0.25) is 14.2 Å². The third-order valence-corrected chi connectivity index (χ3v) is 5.06. The number of benzene rings is 1. The van der Waals surface area contributed by atoms with Crippen molar-refractivity contribution >= 4 is 27.5 Å². The van der Waals surface area contributed by atoms with Crippen molar-refractivity contribution in [2.24, 2.45) is 0 Å². The number of carbonyl (C=O) groups excluding carboxylic acids is 1. The second kappa shape index (κ2) is 7.70. The third-order valence-electron chi connectivity index (χ3n) is 4.17. The Hall–Kier alpha value is -2.67. The summed E-state index contributed by atoms with van der Waals surface area (Å²) < 4.78 is 2.98. The highest BCUT2D eigenvalue weighted by Crippen LogP contribution is 2.16. The second-order valence-corrected chi connectivity index (χ2v) is 7.10. The van der Waals surface area contributed by atoms with Crippen LogP contribution in [0.2, 0.25) is 0 Å². The molecule has 0 aliphatic carbocycles. The average Bonchev–Trinajstić information content (AvgIpc) is 3.09. The van der Waals surface area contributed by atoms with Crippen LogP contribution in [-0.4, -0.2) is 21.6 Å². The van der Waals surface area contributed by atoms with E-state index in [4.69, 9.17) is 0 Å². The molecule has 0 radical (unpaired) electrons. The predicted molar refractivity (Wildman–Crippen MR) is 104 cm³/mol. The van der Waals surface area contributed by atoms with Crippen molar-refractivity contribution in [2.75, 3.05) is 6.54 Å². The highest BCUT2D eigenvalue weighted by Gasteiger charge is 2.17. The first-order valence-corrected chi connectivity index (χ1v) is 9.47. The molecule has 3 rings (SSSR count). The van der Waals surface area contributed by atoms with Gasteiger partial charge in [0.1, 0.15) is 11.2 Å². The molecule has 0 aliphatic heterocycles. The Balaban J connectivity index is 2.12. The molecule has 0 saturated heterocycles. The van der Waals surface area contributed by atoms with Gasteiger partial charge in [-0.25, -0.2) is 9.36 Å². The quantitative estimate of drug-likeness (QED) is 0.677. The Labute approximate surface area is 154 Å². The van der Waals surface area contributed by atoms with Crippen LogP contribution in [0.25, 0.3) is 15.9 Å². The SMILES string of the molecule is CCCCNC(=O)Cn1c(=O)n(-c2cccc(C)c2)c(=O)c2sccc21. The number of unbranched alkanes of at least 4 members (excludes halogenated alkanes) is 1. The summed E-state index contributed by atoms with van der Waals surface area (Å²) in [5.41, 5.74) is 1.10. The molecule has 2 heterocycles. The van der Waals surface area contributed by atoms with E-state index in [1.165, 1.54) is 15.9 Å². The Morgan fingerprint density at radius 3 is 2.77 bits per heavy atom. The lowest BCUT2D eigenvalue weighted by molar-refractivity contribution is -0.121. The fourth-order valence-corrected chi connectivity index (χ4v) is 3.66. The van der Waals surface area contributed by atoms with E-state index >= 15 is 0 Å². The van der Waals surface area contributed by atoms with Crippen LogP contribution in [0.5, 0.6) is 0 Å². The molecule has 0 unspecified atom stereocenters. The van der Waals surface area contributed by atoms with E-state index in [0.717, 1.165) is 23.0 Å². The van der Waals surface area contributed by atoms with Gasteiger partial charge in [0, 0.05) is 6.54 Å². The summed E-state index contributed by atoms with van der Waals surface area (Å²) in [6, 6.07) is 8.92. The zero-order chi connectivity index (χ0) is 18.7. The highest BCUT2D eigenvalue weighted by molar-refractivity contribution is 7.17. The molecule has 6 nitrogen and oxygen atoms in total. The van der Waals surface area contributed by atoms with E-state index in [0.29, 0.717) is 22.4 Å². The van der Waals surface area contributed by atoms with E-state index in [-0.39, 0.29) is 18.0 Å². The maximum absolute atomic E-state index is 13.0. The van der Waals surface area contributed by atoms with Gasteiger partial charge in [-0.2, -0.15) is 0 Å². The number of thiophene rings is 1. The van der Waals surface area contributed by atoms with Gasteiger partial charge in [0.2, 0.25) is 5.91 Å². The number of amides is 1. The number of nitrogens with zero attached hydrogens (tertiary/aromatic N) is 2. The van der Waals surface area contributed by atoms with Crippen molar-refractivity contribution in [1.29, 1.82) is 0 Å². The van der Waals surface area contributed by atoms with Crippen molar-refractivity contribution in [2.45, 2.75) is 33.2 Å². The molecule has 1 aromatic carbocycles. The maximum Gasteiger partial charge on any atom is 0.336 e. The fraction of sp³-hybridized carbons (Fsp3) is 0.316. The van der Waals surface area contributed by atoms with Crippen molar-refractivity contribution < 1.29 is 4.79 Å². The molecular weight excluding hydrogens is 350 g/mol. The summed E-state index contributed by atoms with van der Waals surface area (Å²) >= 11 is 1.27. The van der Waals surface area contributed by atoms with E-state index in [2.05, 4.69) is 5.32 Å². The average molecular weight is 371 g/mol. The summed E-state index contributed by atoms with van der Waals surface area (Å²) in [5.74, 6) is -0.234. The molecule has 7 heteroatoms. The second-order valence-electron chi connectivity index (χ2n) is 6.19. The lowest BCUT2D eigenvalue weighted by Crippen LogP contribution is -2.41. The molecule has 2 aromatic heterocycles. The van der Waals surface area contributed by atoms with Gasteiger partial charge >= 0.3 is 5.69 Å². The van der Waals surface area contributed by atoms with Crippen LogP contribution >= 0.6 is 11.3 Å².